The maximum absolute atomic E-state index is 13.0. The number of nitro benzene ring substituents is 1. The summed E-state index contributed by atoms with van der Waals surface area (Å²) in [4.78, 5) is 50.2. The first-order chi connectivity index (χ1) is 12.6. The first-order valence-electron chi connectivity index (χ1n) is 8.74. The summed E-state index contributed by atoms with van der Waals surface area (Å²) in [7, 11) is 0. The normalized spacial score (nSPS) is 18.9. The quantitative estimate of drug-likeness (QED) is 0.632. The zero-order valence-electron chi connectivity index (χ0n) is 15.2. The van der Waals surface area contributed by atoms with Gasteiger partial charge >= 0.3 is 5.97 Å². The van der Waals surface area contributed by atoms with E-state index in [1.807, 2.05) is 13.8 Å². The molecule has 0 radical (unpaired) electrons. The van der Waals surface area contributed by atoms with Gasteiger partial charge < -0.3 is 14.9 Å². The minimum absolute atomic E-state index is 0.0448. The van der Waals surface area contributed by atoms with Crippen LogP contribution < -0.4 is 0 Å². The van der Waals surface area contributed by atoms with Crippen LogP contribution in [0.15, 0.2) is 18.2 Å². The molecule has 0 aromatic heterocycles. The Morgan fingerprint density at radius 1 is 1.15 bits per heavy atom. The van der Waals surface area contributed by atoms with Crippen LogP contribution in [0.1, 0.15) is 47.4 Å². The molecule has 1 aliphatic heterocycles. The number of aromatic carboxylic acids is 1. The third kappa shape index (κ3) is 3.76. The zero-order valence-corrected chi connectivity index (χ0v) is 15.2. The first-order valence-corrected chi connectivity index (χ1v) is 8.74. The molecule has 3 rings (SSSR count). The van der Waals surface area contributed by atoms with Crippen LogP contribution in [0.5, 0.6) is 0 Å². The fourth-order valence-electron chi connectivity index (χ4n) is 3.43. The predicted octanol–water partition coefficient (Wildman–Crippen LogP) is 1.77. The van der Waals surface area contributed by atoms with Crippen LogP contribution in [-0.2, 0) is 4.79 Å². The SMILES string of the molecule is CC1(C)CN(C(=O)C2CC2)CCN1C(=O)c1cc(C(=O)O)cc([N+](=O)[O-])c1. The molecule has 1 heterocycles. The number of nitro groups is 1. The zero-order chi connectivity index (χ0) is 19.9. The highest BCUT2D eigenvalue weighted by Crippen LogP contribution is 2.33. The van der Waals surface area contributed by atoms with Gasteiger partial charge in [0.15, 0.2) is 0 Å². The molecule has 9 heteroatoms. The number of carboxylic acid groups (broad SMARTS) is 1. The third-order valence-electron chi connectivity index (χ3n) is 5.01. The molecule has 1 saturated carbocycles. The minimum atomic E-state index is -1.34. The molecule has 1 aromatic rings. The maximum atomic E-state index is 13.0. The molecule has 9 nitrogen and oxygen atoms in total. The Morgan fingerprint density at radius 2 is 1.78 bits per heavy atom. The average molecular weight is 375 g/mol. The lowest BCUT2D eigenvalue weighted by atomic mass is 9.96. The van der Waals surface area contributed by atoms with Crippen molar-refractivity contribution in [3.05, 3.63) is 39.4 Å². The molecule has 1 N–H and O–H groups in total. The molecule has 1 saturated heterocycles. The van der Waals surface area contributed by atoms with E-state index < -0.39 is 28.0 Å². The number of amides is 2. The molecule has 1 aliphatic carbocycles. The average Bonchev–Trinajstić information content (AvgIpc) is 3.44. The largest absolute Gasteiger partial charge is 0.478 e. The smallest absolute Gasteiger partial charge is 0.335 e. The van der Waals surface area contributed by atoms with Crippen molar-refractivity contribution in [1.82, 2.24) is 9.80 Å². The van der Waals surface area contributed by atoms with E-state index in [1.54, 1.807) is 9.80 Å². The van der Waals surface area contributed by atoms with Gasteiger partial charge in [-0.1, -0.05) is 0 Å². The highest BCUT2D eigenvalue weighted by atomic mass is 16.6. The molecular weight excluding hydrogens is 354 g/mol. The van der Waals surface area contributed by atoms with Gasteiger partial charge in [-0.25, -0.2) is 4.79 Å². The molecule has 0 spiro atoms. The van der Waals surface area contributed by atoms with Crippen molar-refractivity contribution in [1.29, 1.82) is 0 Å². The van der Waals surface area contributed by atoms with Gasteiger partial charge in [0.2, 0.25) is 5.91 Å². The maximum Gasteiger partial charge on any atom is 0.335 e. The van der Waals surface area contributed by atoms with Gasteiger partial charge in [0.25, 0.3) is 11.6 Å². The van der Waals surface area contributed by atoms with Gasteiger partial charge in [-0.3, -0.25) is 19.7 Å². The molecule has 2 aliphatic rings. The van der Waals surface area contributed by atoms with E-state index in [2.05, 4.69) is 0 Å². The van der Waals surface area contributed by atoms with Crippen LogP contribution in [0, 0.1) is 16.0 Å². The van der Waals surface area contributed by atoms with Crippen molar-refractivity contribution in [3.63, 3.8) is 0 Å². The summed E-state index contributed by atoms with van der Waals surface area (Å²) >= 11 is 0. The third-order valence-corrected chi connectivity index (χ3v) is 5.01. The van der Waals surface area contributed by atoms with E-state index in [0.717, 1.165) is 31.0 Å². The first kappa shape index (κ1) is 18.8. The highest BCUT2D eigenvalue weighted by molar-refractivity contribution is 5.99. The lowest BCUT2D eigenvalue weighted by Gasteiger charge is -2.47. The summed E-state index contributed by atoms with van der Waals surface area (Å²) in [5.74, 6) is -1.62. The lowest BCUT2D eigenvalue weighted by Crippen LogP contribution is -2.62. The van der Waals surface area contributed by atoms with E-state index in [4.69, 9.17) is 0 Å². The van der Waals surface area contributed by atoms with Gasteiger partial charge in [-0.15, -0.1) is 0 Å². The van der Waals surface area contributed by atoms with E-state index in [9.17, 15) is 29.6 Å². The van der Waals surface area contributed by atoms with Crippen LogP contribution in [0.3, 0.4) is 0 Å². The minimum Gasteiger partial charge on any atom is -0.478 e. The van der Waals surface area contributed by atoms with Crippen molar-refractivity contribution in [2.45, 2.75) is 32.2 Å². The molecule has 1 aromatic carbocycles. The Labute approximate surface area is 155 Å². The van der Waals surface area contributed by atoms with Gasteiger partial charge in [-0.2, -0.15) is 0 Å². The van der Waals surface area contributed by atoms with Crippen molar-refractivity contribution >= 4 is 23.5 Å². The lowest BCUT2D eigenvalue weighted by molar-refractivity contribution is -0.384. The Kier molecular flexibility index (Phi) is 4.63. The number of non-ortho nitro benzene ring substituents is 1. The van der Waals surface area contributed by atoms with Crippen molar-refractivity contribution in [3.8, 4) is 0 Å². The van der Waals surface area contributed by atoms with Crippen LogP contribution in [-0.4, -0.2) is 62.8 Å². The van der Waals surface area contributed by atoms with Gasteiger partial charge in [0.05, 0.1) is 16.0 Å². The number of hydrogen-bond donors (Lipinski definition) is 1. The summed E-state index contributed by atoms with van der Waals surface area (Å²) in [5.41, 5.74) is -1.48. The van der Waals surface area contributed by atoms with E-state index in [1.165, 1.54) is 0 Å². The van der Waals surface area contributed by atoms with E-state index in [0.29, 0.717) is 13.1 Å². The number of piperazine rings is 1. The number of hydrogen-bond acceptors (Lipinski definition) is 5. The number of benzene rings is 1. The van der Waals surface area contributed by atoms with Gasteiger partial charge in [0.1, 0.15) is 0 Å². The monoisotopic (exact) mass is 375 g/mol. The summed E-state index contributed by atoms with van der Waals surface area (Å²) in [6.45, 7) is 4.70. The Morgan fingerprint density at radius 3 is 2.30 bits per heavy atom. The molecule has 2 amide bonds. The topological polar surface area (TPSA) is 121 Å². The fourth-order valence-corrected chi connectivity index (χ4v) is 3.43. The summed E-state index contributed by atoms with van der Waals surface area (Å²) in [6, 6.07) is 3.17. The van der Waals surface area contributed by atoms with Crippen molar-refractivity contribution in [2.24, 2.45) is 5.92 Å². The highest BCUT2D eigenvalue weighted by Gasteiger charge is 2.42. The number of carbonyl (C=O) groups is 3. The second kappa shape index (κ2) is 6.64. The van der Waals surface area contributed by atoms with Crippen molar-refractivity contribution in [2.75, 3.05) is 19.6 Å². The van der Waals surface area contributed by atoms with E-state index >= 15 is 0 Å². The van der Waals surface area contributed by atoms with Crippen LogP contribution >= 0.6 is 0 Å². The molecule has 0 unspecified atom stereocenters. The van der Waals surface area contributed by atoms with Crippen LogP contribution in [0.25, 0.3) is 0 Å². The predicted molar refractivity (Wildman–Crippen MR) is 94.5 cm³/mol. The molecule has 0 atom stereocenters. The molecule has 0 bridgehead atoms. The Hall–Kier alpha value is -2.97. The fraction of sp³-hybridized carbons (Fsp3) is 0.500. The number of carboxylic acids is 1. The number of carbonyl (C=O) groups excluding carboxylic acids is 2. The van der Waals surface area contributed by atoms with Crippen LogP contribution in [0.4, 0.5) is 5.69 Å². The molecule has 144 valence electrons. The van der Waals surface area contributed by atoms with Crippen LogP contribution in [0.2, 0.25) is 0 Å². The van der Waals surface area contributed by atoms with E-state index in [-0.39, 0.29) is 29.5 Å². The van der Waals surface area contributed by atoms with Gasteiger partial charge in [-0.05, 0) is 32.8 Å². The molecular formula is C18H21N3O6. The summed E-state index contributed by atoms with van der Waals surface area (Å²) in [6.07, 6.45) is 1.81. The molecule has 2 fully saturated rings. The Bertz CT molecular complexity index is 798. The summed E-state index contributed by atoms with van der Waals surface area (Å²) < 4.78 is 0. The molecule has 27 heavy (non-hydrogen) atoms. The van der Waals surface area contributed by atoms with Gasteiger partial charge in [0, 0.05) is 43.2 Å². The second-order valence-corrected chi connectivity index (χ2v) is 7.63. The standard InChI is InChI=1S/C18H21N3O6/c1-18(2)10-19(15(22)11-3-4-11)5-6-20(18)16(23)12-7-13(17(24)25)9-14(8-12)21(26)27/h7-9,11H,3-6,10H2,1-2H3,(H,24,25). The number of rotatable bonds is 4. The summed E-state index contributed by atoms with van der Waals surface area (Å²) in [5, 5.41) is 20.3. The Balaban J connectivity index is 1.86. The van der Waals surface area contributed by atoms with Crippen molar-refractivity contribution < 1.29 is 24.4 Å². The number of nitrogens with zero attached hydrogens (tertiary/aromatic N) is 3. The second-order valence-electron chi connectivity index (χ2n) is 7.63.